The number of aliphatic hydroxyl groups excluding tert-OH is 1. The molecule has 2 heterocycles. The van der Waals surface area contributed by atoms with E-state index in [9.17, 15) is 14.7 Å². The van der Waals surface area contributed by atoms with E-state index in [1.165, 1.54) is 23.3 Å². The highest BCUT2D eigenvalue weighted by Gasteiger charge is 2.48. The van der Waals surface area contributed by atoms with Gasteiger partial charge in [0, 0.05) is 5.56 Å². The predicted molar refractivity (Wildman–Crippen MR) is 149 cm³/mol. The number of methoxy groups -OCH3 is 1. The molecule has 1 N–H and O–H groups in total. The minimum atomic E-state index is -0.892. The summed E-state index contributed by atoms with van der Waals surface area (Å²) in [7, 11) is 1.52. The molecule has 0 aliphatic carbocycles. The Labute approximate surface area is 224 Å². The maximum atomic E-state index is 13.5. The number of ketones is 1. The number of ether oxygens (including phenoxy) is 2. The van der Waals surface area contributed by atoms with Crippen LogP contribution in [0.3, 0.4) is 0 Å². The number of carbonyl (C=O) groups excluding carboxylic acids is 2. The van der Waals surface area contributed by atoms with Crippen LogP contribution in [0.2, 0.25) is 0 Å². The van der Waals surface area contributed by atoms with Crippen molar-refractivity contribution >= 4 is 44.1 Å². The van der Waals surface area contributed by atoms with Gasteiger partial charge in [0.1, 0.15) is 23.9 Å². The lowest BCUT2D eigenvalue weighted by molar-refractivity contribution is -0.132. The summed E-state index contributed by atoms with van der Waals surface area (Å²) in [5, 5.41) is 11.8. The highest BCUT2D eigenvalue weighted by Crippen LogP contribution is 2.45. The van der Waals surface area contributed by atoms with Crippen molar-refractivity contribution in [3.63, 3.8) is 0 Å². The number of hydrogen-bond donors (Lipinski definition) is 1. The van der Waals surface area contributed by atoms with Gasteiger partial charge >= 0.3 is 5.91 Å². The quantitative estimate of drug-likeness (QED) is 0.135. The summed E-state index contributed by atoms with van der Waals surface area (Å²) in [6.45, 7) is 7.98. The van der Waals surface area contributed by atoms with Crippen LogP contribution in [0.1, 0.15) is 28.3 Å². The number of anilines is 1. The topological polar surface area (TPSA) is 89.0 Å². The fourth-order valence-corrected chi connectivity index (χ4v) is 5.80. The average Bonchev–Trinajstić information content (AvgIpc) is 3.45. The molecule has 8 heteroatoms. The Balaban J connectivity index is 1.70. The number of fused-ring (bicyclic) bond motifs is 1. The van der Waals surface area contributed by atoms with Gasteiger partial charge in [-0.05, 0) is 60.9 Å². The first-order valence-corrected chi connectivity index (χ1v) is 12.8. The summed E-state index contributed by atoms with van der Waals surface area (Å²) in [4.78, 5) is 33.2. The number of aryl methyl sites for hydroxylation is 2. The normalized spacial score (nSPS) is 16.7. The van der Waals surface area contributed by atoms with Crippen LogP contribution >= 0.6 is 11.3 Å². The molecule has 1 amide bonds. The average molecular weight is 527 g/mol. The van der Waals surface area contributed by atoms with E-state index < -0.39 is 17.7 Å². The van der Waals surface area contributed by atoms with Gasteiger partial charge in [0.2, 0.25) is 0 Å². The zero-order valence-electron chi connectivity index (χ0n) is 21.2. The van der Waals surface area contributed by atoms with E-state index in [1.54, 1.807) is 54.6 Å². The number of aromatic nitrogens is 1. The molecule has 1 aliphatic heterocycles. The minimum absolute atomic E-state index is 0.0184. The van der Waals surface area contributed by atoms with E-state index in [2.05, 4.69) is 6.58 Å². The van der Waals surface area contributed by atoms with Crippen LogP contribution in [0.5, 0.6) is 11.5 Å². The lowest BCUT2D eigenvalue weighted by Gasteiger charge is -2.23. The molecule has 7 nitrogen and oxygen atoms in total. The molecule has 1 fully saturated rings. The van der Waals surface area contributed by atoms with E-state index in [-0.39, 0.29) is 11.3 Å². The molecule has 3 aromatic carbocycles. The summed E-state index contributed by atoms with van der Waals surface area (Å²) in [5.74, 6) is -0.686. The Morgan fingerprint density at radius 2 is 1.87 bits per heavy atom. The molecule has 0 radical (unpaired) electrons. The molecule has 1 atom stereocenters. The van der Waals surface area contributed by atoms with Gasteiger partial charge in [0.05, 0.1) is 28.9 Å². The smallest absolute Gasteiger partial charge is 0.301 e. The van der Waals surface area contributed by atoms with Crippen molar-refractivity contribution < 1.29 is 24.2 Å². The number of Topliss-reactive ketones (excluding diaryl/α,β-unsaturated/α-hetero) is 1. The molecule has 5 rings (SSSR count). The number of thiazole rings is 1. The van der Waals surface area contributed by atoms with Crippen molar-refractivity contribution in [2.24, 2.45) is 0 Å². The van der Waals surface area contributed by atoms with E-state index in [1.807, 2.05) is 26.0 Å². The van der Waals surface area contributed by atoms with Crippen LogP contribution < -0.4 is 14.4 Å². The number of aliphatic hydroxyl groups is 1. The van der Waals surface area contributed by atoms with Gasteiger partial charge in [-0.3, -0.25) is 14.5 Å². The molecule has 1 aliphatic rings. The first kappa shape index (κ1) is 25.2. The van der Waals surface area contributed by atoms with Gasteiger partial charge in [0.15, 0.2) is 5.13 Å². The summed E-state index contributed by atoms with van der Waals surface area (Å²) in [6.07, 6.45) is 1.65. The van der Waals surface area contributed by atoms with Crippen molar-refractivity contribution in [2.45, 2.75) is 19.9 Å². The van der Waals surface area contributed by atoms with Gasteiger partial charge in [-0.25, -0.2) is 4.98 Å². The van der Waals surface area contributed by atoms with Crippen LogP contribution in [0.15, 0.2) is 78.9 Å². The predicted octanol–water partition coefficient (Wildman–Crippen LogP) is 6.11. The Bertz CT molecular complexity index is 1600. The molecular formula is C30H26N2O5S. The zero-order valence-corrected chi connectivity index (χ0v) is 22.0. The molecule has 4 aromatic rings. The van der Waals surface area contributed by atoms with E-state index in [4.69, 9.17) is 14.5 Å². The van der Waals surface area contributed by atoms with Crippen LogP contribution in [0, 0.1) is 13.8 Å². The minimum Gasteiger partial charge on any atom is -0.507 e. The summed E-state index contributed by atoms with van der Waals surface area (Å²) in [5.41, 5.74) is 3.82. The standard InChI is InChI=1S/C30H26N2O5S/c1-5-13-37-21-11-9-19(10-12-21)26-24(27(33)20-7-6-8-22(16-20)36-4)28(34)29(35)32(26)30-31-25-18(3)14-17(2)15-23(25)38-30/h5-12,14-16,26,33H,1,13H2,2-4H3/b27-24+. The first-order chi connectivity index (χ1) is 18.3. The van der Waals surface area contributed by atoms with Crippen molar-refractivity contribution in [3.8, 4) is 11.5 Å². The Hall–Kier alpha value is -4.43. The van der Waals surface area contributed by atoms with Crippen molar-refractivity contribution in [3.05, 3.63) is 101 Å². The molecule has 0 saturated carbocycles. The number of benzene rings is 3. The van der Waals surface area contributed by atoms with Crippen LogP contribution in [-0.2, 0) is 9.59 Å². The number of amides is 1. The molecule has 0 bridgehead atoms. The lowest BCUT2D eigenvalue weighted by atomic mass is 9.95. The maximum Gasteiger partial charge on any atom is 0.301 e. The highest BCUT2D eigenvalue weighted by atomic mass is 32.1. The zero-order chi connectivity index (χ0) is 27.0. The molecular weight excluding hydrogens is 500 g/mol. The summed E-state index contributed by atoms with van der Waals surface area (Å²) < 4.78 is 11.8. The lowest BCUT2D eigenvalue weighted by Crippen LogP contribution is -2.29. The first-order valence-electron chi connectivity index (χ1n) is 12.0. The summed E-state index contributed by atoms with van der Waals surface area (Å²) in [6, 6.07) is 17.0. The van der Waals surface area contributed by atoms with Gasteiger partial charge in [-0.15, -0.1) is 0 Å². The Morgan fingerprint density at radius 1 is 1.11 bits per heavy atom. The Kier molecular flexibility index (Phi) is 6.73. The molecule has 192 valence electrons. The highest BCUT2D eigenvalue weighted by molar-refractivity contribution is 7.22. The molecule has 38 heavy (non-hydrogen) atoms. The van der Waals surface area contributed by atoms with Gasteiger partial charge in [0.25, 0.3) is 5.78 Å². The van der Waals surface area contributed by atoms with Gasteiger partial charge in [-0.2, -0.15) is 0 Å². The third-order valence-corrected chi connectivity index (χ3v) is 7.38. The van der Waals surface area contributed by atoms with Gasteiger partial charge < -0.3 is 14.6 Å². The second kappa shape index (κ2) is 10.1. The fourth-order valence-electron chi connectivity index (χ4n) is 4.63. The third-order valence-electron chi connectivity index (χ3n) is 6.38. The second-order valence-corrected chi connectivity index (χ2v) is 10.0. The summed E-state index contributed by atoms with van der Waals surface area (Å²) >= 11 is 1.34. The number of nitrogens with zero attached hydrogens (tertiary/aromatic N) is 2. The van der Waals surface area contributed by atoms with Crippen LogP contribution in [0.25, 0.3) is 16.0 Å². The molecule has 1 unspecified atom stereocenters. The second-order valence-electron chi connectivity index (χ2n) is 8.99. The maximum absolute atomic E-state index is 13.5. The number of hydrogen-bond acceptors (Lipinski definition) is 7. The molecule has 1 saturated heterocycles. The molecule has 0 spiro atoms. The number of carbonyl (C=O) groups is 2. The van der Waals surface area contributed by atoms with E-state index in [0.29, 0.717) is 34.4 Å². The van der Waals surface area contributed by atoms with Crippen molar-refractivity contribution in [1.29, 1.82) is 0 Å². The van der Waals surface area contributed by atoms with Crippen LogP contribution in [0.4, 0.5) is 5.13 Å². The third kappa shape index (κ3) is 4.43. The van der Waals surface area contributed by atoms with Crippen LogP contribution in [-0.4, -0.2) is 35.5 Å². The number of rotatable bonds is 7. The SMILES string of the molecule is C=CCOc1ccc(C2/C(=C(\O)c3cccc(OC)c3)C(=O)C(=O)N2c2nc3c(C)cc(C)cc3s2)cc1. The van der Waals surface area contributed by atoms with E-state index in [0.717, 1.165) is 21.3 Å². The molecule has 1 aromatic heterocycles. The van der Waals surface area contributed by atoms with Crippen molar-refractivity contribution in [2.75, 3.05) is 18.6 Å². The Morgan fingerprint density at radius 3 is 2.58 bits per heavy atom. The monoisotopic (exact) mass is 526 g/mol. The van der Waals surface area contributed by atoms with Gasteiger partial charge in [-0.1, -0.05) is 54.3 Å². The van der Waals surface area contributed by atoms with Crippen molar-refractivity contribution in [1.82, 2.24) is 4.98 Å². The largest absolute Gasteiger partial charge is 0.507 e. The fraction of sp³-hybridized carbons (Fsp3) is 0.167. The van der Waals surface area contributed by atoms with E-state index >= 15 is 0 Å².